The summed E-state index contributed by atoms with van der Waals surface area (Å²) in [5, 5.41) is 3.29. The van der Waals surface area contributed by atoms with Crippen LogP contribution < -0.4 is 5.32 Å². The van der Waals surface area contributed by atoms with Gasteiger partial charge in [-0.25, -0.2) is 0 Å². The fourth-order valence-electron chi connectivity index (χ4n) is 1.15. The number of carbonyl (C=O) groups is 1. The molecule has 0 saturated heterocycles. The van der Waals surface area contributed by atoms with Crippen LogP contribution in [0.2, 0.25) is 0 Å². The minimum atomic E-state index is -0.155. The van der Waals surface area contributed by atoms with Crippen molar-refractivity contribution < 1.29 is 4.79 Å². The highest BCUT2D eigenvalue weighted by Crippen LogP contribution is 2.34. The van der Waals surface area contributed by atoms with Crippen molar-refractivity contribution in [1.82, 2.24) is 5.32 Å². The molecule has 0 radical (unpaired) electrons. The molecule has 0 bridgehead atoms. The normalized spacial score (nSPS) is 22.3. The average Bonchev–Trinajstić information content (AvgIpc) is 2.45. The summed E-state index contributed by atoms with van der Waals surface area (Å²) in [6.45, 7) is 6.24. The van der Waals surface area contributed by atoms with Gasteiger partial charge in [0.15, 0.2) is 0 Å². The molecule has 1 aliphatic carbocycles. The second-order valence-electron chi connectivity index (χ2n) is 4.15. The van der Waals surface area contributed by atoms with Crippen molar-refractivity contribution in [1.29, 1.82) is 0 Å². The van der Waals surface area contributed by atoms with Crippen molar-refractivity contribution in [2.24, 2.45) is 0 Å². The van der Waals surface area contributed by atoms with Gasteiger partial charge < -0.3 is 10.1 Å². The van der Waals surface area contributed by atoms with E-state index < -0.39 is 0 Å². The summed E-state index contributed by atoms with van der Waals surface area (Å²) in [6, 6.07) is 0. The van der Waals surface area contributed by atoms with Gasteiger partial charge in [0.1, 0.15) is 6.29 Å². The van der Waals surface area contributed by atoms with E-state index in [-0.39, 0.29) is 11.1 Å². The maximum absolute atomic E-state index is 10.5. The van der Waals surface area contributed by atoms with Crippen LogP contribution in [0, 0.1) is 0 Å². The van der Waals surface area contributed by atoms with E-state index in [1.54, 1.807) is 0 Å². The van der Waals surface area contributed by atoms with E-state index in [1.165, 1.54) is 0 Å². The SMILES string of the molecule is CC(C)(C)NC1(C=O)CC1. The van der Waals surface area contributed by atoms with Crippen molar-refractivity contribution in [3.63, 3.8) is 0 Å². The highest BCUT2D eigenvalue weighted by molar-refractivity contribution is 5.68. The fraction of sp³-hybridized carbons (Fsp3) is 0.875. The molecule has 2 heteroatoms. The molecule has 1 N–H and O–H groups in total. The fourth-order valence-corrected chi connectivity index (χ4v) is 1.15. The summed E-state index contributed by atoms with van der Waals surface area (Å²) in [4.78, 5) is 10.5. The van der Waals surface area contributed by atoms with Gasteiger partial charge in [0.25, 0.3) is 0 Å². The molecule has 1 rings (SSSR count). The number of hydrogen-bond acceptors (Lipinski definition) is 2. The highest BCUT2D eigenvalue weighted by Gasteiger charge is 2.44. The highest BCUT2D eigenvalue weighted by atomic mass is 16.1. The molecule has 58 valence electrons. The van der Waals surface area contributed by atoms with Gasteiger partial charge in [-0.3, -0.25) is 0 Å². The van der Waals surface area contributed by atoms with Crippen LogP contribution in [0.4, 0.5) is 0 Å². The van der Waals surface area contributed by atoms with Crippen LogP contribution in [0.15, 0.2) is 0 Å². The van der Waals surface area contributed by atoms with Gasteiger partial charge in [0.2, 0.25) is 0 Å². The topological polar surface area (TPSA) is 29.1 Å². The standard InChI is InChI=1S/C8H15NO/c1-7(2,3)9-8(6-10)4-5-8/h6,9H,4-5H2,1-3H3. The van der Waals surface area contributed by atoms with Crippen LogP contribution in [0.5, 0.6) is 0 Å². The molecule has 0 aromatic heterocycles. The third-order valence-electron chi connectivity index (χ3n) is 1.64. The molecule has 0 aromatic rings. The molecule has 0 spiro atoms. The first kappa shape index (κ1) is 7.73. The lowest BCUT2D eigenvalue weighted by Gasteiger charge is -2.24. The maximum atomic E-state index is 10.5. The number of hydrogen-bond donors (Lipinski definition) is 1. The first-order chi connectivity index (χ1) is 4.47. The van der Waals surface area contributed by atoms with Crippen LogP contribution in [0.3, 0.4) is 0 Å². The zero-order valence-electron chi connectivity index (χ0n) is 6.90. The average molecular weight is 141 g/mol. The van der Waals surface area contributed by atoms with E-state index in [2.05, 4.69) is 26.1 Å². The van der Waals surface area contributed by atoms with Gasteiger partial charge in [-0.2, -0.15) is 0 Å². The Hall–Kier alpha value is -0.370. The summed E-state index contributed by atoms with van der Waals surface area (Å²) in [5.41, 5.74) is -0.0876. The van der Waals surface area contributed by atoms with Crippen LogP contribution in [-0.2, 0) is 4.79 Å². The lowest BCUT2D eigenvalue weighted by Crippen LogP contribution is -2.46. The Bertz CT molecular complexity index is 142. The van der Waals surface area contributed by atoms with Crippen molar-refractivity contribution in [2.75, 3.05) is 0 Å². The maximum Gasteiger partial charge on any atom is 0.140 e. The smallest absolute Gasteiger partial charge is 0.140 e. The molecule has 2 nitrogen and oxygen atoms in total. The second kappa shape index (κ2) is 2.06. The van der Waals surface area contributed by atoms with Gasteiger partial charge in [0, 0.05) is 5.54 Å². The zero-order valence-corrected chi connectivity index (χ0v) is 6.90. The van der Waals surface area contributed by atoms with Crippen LogP contribution in [-0.4, -0.2) is 17.4 Å². The van der Waals surface area contributed by atoms with E-state index in [1.807, 2.05) is 0 Å². The van der Waals surface area contributed by atoms with Gasteiger partial charge in [-0.05, 0) is 33.6 Å². The number of carbonyl (C=O) groups excluding carboxylic acids is 1. The zero-order chi connectivity index (χ0) is 7.83. The minimum Gasteiger partial charge on any atom is -0.301 e. The van der Waals surface area contributed by atoms with Crippen LogP contribution in [0.25, 0.3) is 0 Å². The molecular weight excluding hydrogens is 126 g/mol. The molecule has 10 heavy (non-hydrogen) atoms. The Kier molecular flexibility index (Phi) is 1.59. The Morgan fingerprint density at radius 1 is 1.40 bits per heavy atom. The Morgan fingerprint density at radius 2 is 1.90 bits per heavy atom. The molecule has 1 fully saturated rings. The van der Waals surface area contributed by atoms with Crippen molar-refractivity contribution >= 4 is 6.29 Å². The van der Waals surface area contributed by atoms with Crippen LogP contribution in [0.1, 0.15) is 33.6 Å². The Morgan fingerprint density at radius 3 is 2.00 bits per heavy atom. The van der Waals surface area contributed by atoms with E-state index in [0.717, 1.165) is 19.1 Å². The van der Waals surface area contributed by atoms with E-state index in [0.29, 0.717) is 0 Å². The summed E-state index contributed by atoms with van der Waals surface area (Å²) in [6.07, 6.45) is 3.06. The van der Waals surface area contributed by atoms with Crippen molar-refractivity contribution in [3.05, 3.63) is 0 Å². The molecule has 0 aliphatic heterocycles. The first-order valence-corrected chi connectivity index (χ1v) is 3.73. The molecule has 0 aromatic carbocycles. The molecule has 0 heterocycles. The lowest BCUT2D eigenvalue weighted by molar-refractivity contribution is -0.110. The molecular formula is C8H15NO. The van der Waals surface area contributed by atoms with E-state index >= 15 is 0 Å². The third-order valence-corrected chi connectivity index (χ3v) is 1.64. The van der Waals surface area contributed by atoms with E-state index in [4.69, 9.17) is 0 Å². The van der Waals surface area contributed by atoms with Gasteiger partial charge in [-0.15, -0.1) is 0 Å². The first-order valence-electron chi connectivity index (χ1n) is 3.73. The summed E-state index contributed by atoms with van der Waals surface area (Å²) in [7, 11) is 0. The summed E-state index contributed by atoms with van der Waals surface area (Å²) >= 11 is 0. The minimum absolute atomic E-state index is 0.0669. The van der Waals surface area contributed by atoms with Gasteiger partial charge in [-0.1, -0.05) is 0 Å². The number of aldehydes is 1. The van der Waals surface area contributed by atoms with Crippen LogP contribution >= 0.6 is 0 Å². The lowest BCUT2D eigenvalue weighted by atomic mass is 10.1. The number of rotatable bonds is 2. The summed E-state index contributed by atoms with van der Waals surface area (Å²) < 4.78 is 0. The summed E-state index contributed by atoms with van der Waals surface area (Å²) in [5.74, 6) is 0. The quantitative estimate of drug-likeness (QED) is 0.583. The van der Waals surface area contributed by atoms with Gasteiger partial charge in [0.05, 0.1) is 5.54 Å². The molecule has 0 unspecified atom stereocenters. The van der Waals surface area contributed by atoms with E-state index in [9.17, 15) is 4.79 Å². The molecule has 0 amide bonds. The monoisotopic (exact) mass is 141 g/mol. The largest absolute Gasteiger partial charge is 0.301 e. The predicted octanol–water partition coefficient (Wildman–Crippen LogP) is 1.11. The molecule has 1 aliphatic rings. The predicted molar refractivity (Wildman–Crippen MR) is 40.9 cm³/mol. The van der Waals surface area contributed by atoms with Crippen molar-refractivity contribution in [2.45, 2.75) is 44.7 Å². The Labute approximate surface area is 62.0 Å². The second-order valence-corrected chi connectivity index (χ2v) is 4.15. The van der Waals surface area contributed by atoms with Gasteiger partial charge >= 0.3 is 0 Å². The number of nitrogens with one attached hydrogen (secondary N) is 1. The van der Waals surface area contributed by atoms with Crippen molar-refractivity contribution in [3.8, 4) is 0 Å². The molecule has 0 atom stereocenters. The Balaban J connectivity index is 2.45. The molecule has 1 saturated carbocycles. The third kappa shape index (κ3) is 1.81.